The summed E-state index contributed by atoms with van der Waals surface area (Å²) in [6, 6.07) is 0.631. The third kappa shape index (κ3) is 6.05. The molecule has 0 fully saturated rings. The van der Waals surface area contributed by atoms with Crippen molar-refractivity contribution in [2.45, 2.75) is 46.1 Å². The monoisotopic (exact) mass is 187 g/mol. The smallest absolute Gasteiger partial charge is 0.0466 e. The standard InChI is InChI=1S/C11H25NO/c1-5-11(10(3)12-4)8-7-9-13-6-2/h10-12H,5-9H2,1-4H3. The van der Waals surface area contributed by atoms with Crippen LogP contribution in [0.4, 0.5) is 0 Å². The van der Waals surface area contributed by atoms with Gasteiger partial charge in [0.25, 0.3) is 0 Å². The highest BCUT2D eigenvalue weighted by atomic mass is 16.5. The van der Waals surface area contributed by atoms with Crippen molar-refractivity contribution in [2.24, 2.45) is 5.92 Å². The molecule has 0 aromatic heterocycles. The maximum atomic E-state index is 5.32. The van der Waals surface area contributed by atoms with Gasteiger partial charge in [0.15, 0.2) is 0 Å². The van der Waals surface area contributed by atoms with E-state index in [0.717, 1.165) is 19.1 Å². The zero-order valence-electron chi connectivity index (χ0n) is 9.60. The van der Waals surface area contributed by atoms with Gasteiger partial charge in [-0.25, -0.2) is 0 Å². The van der Waals surface area contributed by atoms with Crippen molar-refractivity contribution in [3.8, 4) is 0 Å². The molecule has 0 spiro atoms. The van der Waals surface area contributed by atoms with Crippen LogP contribution in [0.3, 0.4) is 0 Å². The summed E-state index contributed by atoms with van der Waals surface area (Å²) in [7, 11) is 2.04. The van der Waals surface area contributed by atoms with Crippen molar-refractivity contribution < 1.29 is 4.74 Å². The second-order valence-electron chi connectivity index (χ2n) is 3.58. The quantitative estimate of drug-likeness (QED) is 0.589. The van der Waals surface area contributed by atoms with Crippen molar-refractivity contribution in [3.63, 3.8) is 0 Å². The van der Waals surface area contributed by atoms with E-state index in [-0.39, 0.29) is 0 Å². The fourth-order valence-corrected chi connectivity index (χ4v) is 1.64. The van der Waals surface area contributed by atoms with Crippen LogP contribution in [-0.4, -0.2) is 26.3 Å². The fourth-order valence-electron chi connectivity index (χ4n) is 1.64. The minimum absolute atomic E-state index is 0.631. The lowest BCUT2D eigenvalue weighted by atomic mass is 9.93. The molecule has 1 N–H and O–H groups in total. The van der Waals surface area contributed by atoms with Gasteiger partial charge in [0.2, 0.25) is 0 Å². The molecule has 2 atom stereocenters. The Hall–Kier alpha value is -0.0800. The van der Waals surface area contributed by atoms with Gasteiger partial charge in [0.1, 0.15) is 0 Å². The first kappa shape index (κ1) is 12.9. The summed E-state index contributed by atoms with van der Waals surface area (Å²) < 4.78 is 5.32. The van der Waals surface area contributed by atoms with Gasteiger partial charge in [-0.2, -0.15) is 0 Å². The molecule has 0 aliphatic rings. The third-order valence-corrected chi connectivity index (χ3v) is 2.75. The Morgan fingerprint density at radius 2 is 2.00 bits per heavy atom. The van der Waals surface area contributed by atoms with E-state index in [9.17, 15) is 0 Å². The highest BCUT2D eigenvalue weighted by Crippen LogP contribution is 2.15. The molecule has 0 aliphatic carbocycles. The van der Waals surface area contributed by atoms with E-state index in [4.69, 9.17) is 4.74 Å². The average Bonchev–Trinajstić information content (AvgIpc) is 2.17. The number of rotatable bonds is 8. The van der Waals surface area contributed by atoms with Crippen LogP contribution >= 0.6 is 0 Å². The molecule has 0 aliphatic heterocycles. The number of nitrogens with one attached hydrogen (secondary N) is 1. The molecule has 80 valence electrons. The molecule has 0 radical (unpaired) electrons. The maximum absolute atomic E-state index is 5.32. The normalized spacial score (nSPS) is 15.7. The molecule has 0 aromatic rings. The van der Waals surface area contributed by atoms with E-state index in [2.05, 4.69) is 19.2 Å². The molecule has 0 amide bonds. The first-order valence-corrected chi connectivity index (χ1v) is 5.51. The molecule has 0 bridgehead atoms. The molecule has 0 saturated heterocycles. The highest BCUT2D eigenvalue weighted by molar-refractivity contribution is 4.69. The lowest BCUT2D eigenvalue weighted by Gasteiger charge is -2.21. The van der Waals surface area contributed by atoms with Gasteiger partial charge in [-0.3, -0.25) is 0 Å². The maximum Gasteiger partial charge on any atom is 0.0466 e. The topological polar surface area (TPSA) is 21.3 Å². The van der Waals surface area contributed by atoms with Crippen molar-refractivity contribution in [1.82, 2.24) is 5.32 Å². The average molecular weight is 187 g/mol. The Morgan fingerprint density at radius 3 is 2.46 bits per heavy atom. The summed E-state index contributed by atoms with van der Waals surface area (Å²) in [5, 5.41) is 3.32. The molecule has 13 heavy (non-hydrogen) atoms. The lowest BCUT2D eigenvalue weighted by Crippen LogP contribution is -2.30. The van der Waals surface area contributed by atoms with Gasteiger partial charge in [0.05, 0.1) is 0 Å². The van der Waals surface area contributed by atoms with Crippen molar-refractivity contribution in [2.75, 3.05) is 20.3 Å². The van der Waals surface area contributed by atoms with Gasteiger partial charge >= 0.3 is 0 Å². The molecule has 0 aromatic carbocycles. The summed E-state index contributed by atoms with van der Waals surface area (Å²) in [6.07, 6.45) is 3.73. The van der Waals surface area contributed by atoms with Gasteiger partial charge < -0.3 is 10.1 Å². The Balaban J connectivity index is 3.47. The second kappa shape index (κ2) is 8.52. The van der Waals surface area contributed by atoms with E-state index in [0.29, 0.717) is 6.04 Å². The first-order valence-electron chi connectivity index (χ1n) is 5.51. The highest BCUT2D eigenvalue weighted by Gasteiger charge is 2.12. The van der Waals surface area contributed by atoms with Crippen LogP contribution in [0.1, 0.15) is 40.0 Å². The van der Waals surface area contributed by atoms with Crippen molar-refractivity contribution >= 4 is 0 Å². The SMILES string of the molecule is CCOCCCC(CC)C(C)NC. The zero-order chi connectivity index (χ0) is 10.1. The van der Waals surface area contributed by atoms with E-state index >= 15 is 0 Å². The van der Waals surface area contributed by atoms with Crippen LogP contribution in [0.2, 0.25) is 0 Å². The van der Waals surface area contributed by atoms with Crippen LogP contribution < -0.4 is 5.32 Å². The Labute approximate surface area is 83.1 Å². The largest absolute Gasteiger partial charge is 0.382 e. The van der Waals surface area contributed by atoms with Gasteiger partial charge in [0, 0.05) is 19.3 Å². The molecule has 2 unspecified atom stereocenters. The lowest BCUT2D eigenvalue weighted by molar-refractivity contribution is 0.137. The fraction of sp³-hybridized carbons (Fsp3) is 1.00. The predicted molar refractivity (Wildman–Crippen MR) is 58.0 cm³/mol. The van der Waals surface area contributed by atoms with Crippen LogP contribution in [-0.2, 0) is 4.74 Å². The number of hydrogen-bond donors (Lipinski definition) is 1. The molecule has 0 heterocycles. The minimum atomic E-state index is 0.631. The van der Waals surface area contributed by atoms with E-state index < -0.39 is 0 Å². The summed E-state index contributed by atoms with van der Waals surface area (Å²) in [4.78, 5) is 0. The van der Waals surface area contributed by atoms with Crippen LogP contribution in [0.5, 0.6) is 0 Å². The van der Waals surface area contributed by atoms with E-state index in [1.165, 1.54) is 19.3 Å². The molecular formula is C11H25NO. The van der Waals surface area contributed by atoms with E-state index in [1.807, 2.05) is 14.0 Å². The molecule has 0 saturated carbocycles. The Morgan fingerprint density at radius 1 is 1.31 bits per heavy atom. The zero-order valence-corrected chi connectivity index (χ0v) is 9.60. The van der Waals surface area contributed by atoms with Crippen LogP contribution in [0, 0.1) is 5.92 Å². The molecule has 2 nitrogen and oxygen atoms in total. The van der Waals surface area contributed by atoms with Crippen LogP contribution in [0.15, 0.2) is 0 Å². The van der Waals surface area contributed by atoms with Gasteiger partial charge in [-0.1, -0.05) is 13.3 Å². The first-order chi connectivity index (χ1) is 6.26. The van der Waals surface area contributed by atoms with Crippen LogP contribution in [0.25, 0.3) is 0 Å². The van der Waals surface area contributed by atoms with Crippen molar-refractivity contribution in [3.05, 3.63) is 0 Å². The van der Waals surface area contributed by atoms with Gasteiger partial charge in [-0.05, 0) is 39.7 Å². The number of ether oxygens (including phenoxy) is 1. The molecular weight excluding hydrogens is 162 g/mol. The predicted octanol–water partition coefficient (Wildman–Crippen LogP) is 2.44. The Kier molecular flexibility index (Phi) is 8.46. The Bertz CT molecular complexity index is 106. The van der Waals surface area contributed by atoms with E-state index in [1.54, 1.807) is 0 Å². The summed E-state index contributed by atoms with van der Waals surface area (Å²) in [5.74, 6) is 0.797. The molecule has 2 heteroatoms. The minimum Gasteiger partial charge on any atom is -0.382 e. The number of hydrogen-bond acceptors (Lipinski definition) is 2. The van der Waals surface area contributed by atoms with Gasteiger partial charge in [-0.15, -0.1) is 0 Å². The summed E-state index contributed by atoms with van der Waals surface area (Å²) in [5.41, 5.74) is 0. The molecule has 0 rings (SSSR count). The summed E-state index contributed by atoms with van der Waals surface area (Å²) >= 11 is 0. The third-order valence-electron chi connectivity index (χ3n) is 2.75. The summed E-state index contributed by atoms with van der Waals surface area (Å²) in [6.45, 7) is 8.34. The second-order valence-corrected chi connectivity index (χ2v) is 3.58. The van der Waals surface area contributed by atoms with Crippen molar-refractivity contribution in [1.29, 1.82) is 0 Å².